The number of imide groups is 1. The van der Waals surface area contributed by atoms with Gasteiger partial charge >= 0.3 is 6.03 Å². The summed E-state index contributed by atoms with van der Waals surface area (Å²) in [5.41, 5.74) is 1.77. The number of nitrogens with zero attached hydrogens (tertiary/aromatic N) is 1. The molecule has 152 valence electrons. The van der Waals surface area contributed by atoms with Gasteiger partial charge in [-0.25, -0.2) is 9.18 Å². The van der Waals surface area contributed by atoms with Crippen molar-refractivity contribution in [1.82, 2.24) is 15.2 Å². The maximum Gasteiger partial charge on any atom is 0.328 e. The summed E-state index contributed by atoms with van der Waals surface area (Å²) in [4.78, 5) is 41.1. The number of pyridine rings is 1. The molecule has 4 rings (SSSR count). The van der Waals surface area contributed by atoms with Crippen LogP contribution in [0.25, 0.3) is 27.6 Å². The summed E-state index contributed by atoms with van der Waals surface area (Å²) in [6.07, 6.45) is 0. The molecule has 0 radical (unpaired) electrons. The number of hydrogen-bond donors (Lipinski definition) is 2. The van der Waals surface area contributed by atoms with E-state index in [0.29, 0.717) is 27.8 Å². The summed E-state index contributed by atoms with van der Waals surface area (Å²) in [7, 11) is 1.49. The molecule has 0 unspecified atom stereocenters. The van der Waals surface area contributed by atoms with Crippen molar-refractivity contribution >= 4 is 28.3 Å². The molecule has 2 N–H and O–H groups in total. The molecule has 0 aliphatic carbocycles. The van der Waals surface area contributed by atoms with E-state index >= 15 is 0 Å². The minimum atomic E-state index is -0.528. The molecule has 0 atom stereocenters. The van der Waals surface area contributed by atoms with Crippen molar-refractivity contribution in [3.8, 4) is 11.3 Å². The van der Waals surface area contributed by atoms with Crippen LogP contribution in [0.4, 0.5) is 9.18 Å². The fraction of sp³-hybridized carbons (Fsp3) is 0.174. The lowest BCUT2D eigenvalue weighted by atomic mass is 9.93. The zero-order chi connectivity index (χ0) is 21.6. The van der Waals surface area contributed by atoms with E-state index in [2.05, 4.69) is 10.3 Å². The summed E-state index contributed by atoms with van der Waals surface area (Å²) in [5, 5.41) is 3.48. The van der Waals surface area contributed by atoms with Crippen molar-refractivity contribution in [2.75, 3.05) is 7.05 Å². The number of allylic oxidation sites excluding steroid dienone is 1. The number of fused-ring (bicyclic) bond motifs is 1. The van der Waals surface area contributed by atoms with Gasteiger partial charge in [0, 0.05) is 23.7 Å². The highest BCUT2D eigenvalue weighted by molar-refractivity contribution is 6.15. The van der Waals surface area contributed by atoms with E-state index in [-0.39, 0.29) is 17.4 Å². The number of carbonyl (C=O) groups excluding carboxylic acids is 2. The van der Waals surface area contributed by atoms with E-state index in [0.717, 1.165) is 5.39 Å². The Morgan fingerprint density at radius 3 is 2.43 bits per heavy atom. The zero-order valence-electron chi connectivity index (χ0n) is 16.7. The van der Waals surface area contributed by atoms with Crippen LogP contribution in [0.2, 0.25) is 0 Å². The van der Waals surface area contributed by atoms with Gasteiger partial charge in [0.2, 0.25) is 0 Å². The van der Waals surface area contributed by atoms with Crippen LogP contribution in [-0.2, 0) is 4.79 Å². The normalized spacial score (nSPS) is 15.8. The molecule has 1 saturated heterocycles. The topological polar surface area (TPSA) is 82.3 Å². The minimum Gasteiger partial charge on any atom is -0.321 e. The van der Waals surface area contributed by atoms with Crippen molar-refractivity contribution in [1.29, 1.82) is 0 Å². The average Bonchev–Trinajstić information content (AvgIpc) is 2.95. The number of aromatic amines is 1. The van der Waals surface area contributed by atoms with Crippen LogP contribution in [0.1, 0.15) is 19.4 Å². The Morgan fingerprint density at radius 1 is 1.03 bits per heavy atom. The molecule has 0 bridgehead atoms. The fourth-order valence-corrected chi connectivity index (χ4v) is 3.77. The lowest BCUT2D eigenvalue weighted by molar-refractivity contribution is -0.116. The van der Waals surface area contributed by atoms with Crippen molar-refractivity contribution in [3.05, 3.63) is 76.0 Å². The number of carbonyl (C=O) groups is 2. The van der Waals surface area contributed by atoms with E-state index in [9.17, 15) is 18.8 Å². The smallest absolute Gasteiger partial charge is 0.321 e. The number of rotatable bonds is 3. The van der Waals surface area contributed by atoms with E-state index < -0.39 is 17.5 Å². The molecule has 0 saturated carbocycles. The largest absolute Gasteiger partial charge is 0.328 e. The highest BCUT2D eigenvalue weighted by Gasteiger charge is 2.34. The van der Waals surface area contributed by atoms with Crippen LogP contribution in [-0.4, -0.2) is 28.9 Å². The number of nitrogens with one attached hydrogen (secondary N) is 2. The summed E-state index contributed by atoms with van der Waals surface area (Å²) in [6, 6.07) is 13.0. The third-order valence-corrected chi connectivity index (χ3v) is 5.25. The van der Waals surface area contributed by atoms with Gasteiger partial charge in [0.15, 0.2) is 0 Å². The van der Waals surface area contributed by atoms with Crippen LogP contribution in [0.15, 0.2) is 59.0 Å². The zero-order valence-corrected chi connectivity index (χ0v) is 16.7. The molecule has 0 spiro atoms. The molecule has 1 aromatic heterocycles. The Morgan fingerprint density at radius 2 is 1.80 bits per heavy atom. The third kappa shape index (κ3) is 3.18. The molecule has 3 aromatic rings. The van der Waals surface area contributed by atoms with Crippen LogP contribution in [0.3, 0.4) is 0 Å². The number of halogens is 1. The average molecular weight is 405 g/mol. The Balaban J connectivity index is 1.84. The molecule has 6 nitrogen and oxygen atoms in total. The molecule has 2 aromatic carbocycles. The maximum atomic E-state index is 14.1. The van der Waals surface area contributed by atoms with Crippen LogP contribution in [0.5, 0.6) is 0 Å². The Hall–Kier alpha value is -3.74. The predicted octanol–water partition coefficient (Wildman–Crippen LogP) is 3.88. The first-order chi connectivity index (χ1) is 14.3. The van der Waals surface area contributed by atoms with E-state index in [1.54, 1.807) is 30.3 Å². The first kappa shape index (κ1) is 19.6. The standard InChI is InChI=1S/C23H20FN3O3/c1-12(2)19(20-22(29)26-23(30)27(20)3)15-9-10-18(25-21(15)28)14-8-7-13-5-4-6-17(24)16(13)11-14/h4-12H,1-3H3,(H,25,28)(H,26,29,30)/b20-19-. The van der Waals surface area contributed by atoms with Crippen LogP contribution < -0.4 is 10.9 Å². The SMILES string of the molecule is CC(C)/C(=C1\C(=O)NC(=O)N1C)c1ccc(-c2ccc3cccc(F)c3c2)[nH]c1=O. The monoisotopic (exact) mass is 405 g/mol. The van der Waals surface area contributed by atoms with E-state index in [1.165, 1.54) is 18.0 Å². The van der Waals surface area contributed by atoms with Gasteiger partial charge in [-0.2, -0.15) is 0 Å². The molecule has 7 heteroatoms. The van der Waals surface area contributed by atoms with Gasteiger partial charge in [0.1, 0.15) is 11.5 Å². The highest BCUT2D eigenvalue weighted by Crippen LogP contribution is 2.30. The number of aromatic nitrogens is 1. The Kier molecular flexibility index (Phi) is 4.73. The Bertz CT molecular complexity index is 1290. The summed E-state index contributed by atoms with van der Waals surface area (Å²) in [5.74, 6) is -1.04. The number of urea groups is 1. The molecular formula is C23H20FN3O3. The molecule has 1 fully saturated rings. The quantitative estimate of drug-likeness (QED) is 0.512. The molecule has 1 aliphatic rings. The third-order valence-electron chi connectivity index (χ3n) is 5.25. The molecule has 30 heavy (non-hydrogen) atoms. The van der Waals surface area contributed by atoms with Gasteiger partial charge in [0.25, 0.3) is 11.5 Å². The van der Waals surface area contributed by atoms with Crippen molar-refractivity contribution in [2.24, 2.45) is 5.92 Å². The first-order valence-corrected chi connectivity index (χ1v) is 9.53. The molecular weight excluding hydrogens is 385 g/mol. The minimum absolute atomic E-state index is 0.168. The lowest BCUT2D eigenvalue weighted by Crippen LogP contribution is -2.24. The van der Waals surface area contributed by atoms with Gasteiger partial charge in [-0.3, -0.25) is 19.8 Å². The lowest BCUT2D eigenvalue weighted by Gasteiger charge is -2.18. The number of hydrogen-bond acceptors (Lipinski definition) is 3. The predicted molar refractivity (Wildman–Crippen MR) is 113 cm³/mol. The van der Waals surface area contributed by atoms with Gasteiger partial charge < -0.3 is 4.98 Å². The highest BCUT2D eigenvalue weighted by atomic mass is 19.1. The summed E-state index contributed by atoms with van der Waals surface area (Å²) >= 11 is 0. The van der Waals surface area contributed by atoms with Gasteiger partial charge in [-0.1, -0.05) is 38.1 Å². The van der Waals surface area contributed by atoms with Gasteiger partial charge in [0.05, 0.1) is 0 Å². The van der Waals surface area contributed by atoms with Crippen LogP contribution >= 0.6 is 0 Å². The summed E-state index contributed by atoms with van der Waals surface area (Å²) in [6.45, 7) is 3.71. The van der Waals surface area contributed by atoms with Crippen molar-refractivity contribution in [3.63, 3.8) is 0 Å². The molecule has 1 aliphatic heterocycles. The number of benzene rings is 2. The van der Waals surface area contributed by atoms with E-state index in [4.69, 9.17) is 0 Å². The second-order valence-corrected chi connectivity index (χ2v) is 7.53. The number of amides is 3. The molecule has 2 heterocycles. The first-order valence-electron chi connectivity index (χ1n) is 9.53. The fourth-order valence-electron chi connectivity index (χ4n) is 3.77. The summed E-state index contributed by atoms with van der Waals surface area (Å²) < 4.78 is 14.1. The van der Waals surface area contributed by atoms with Gasteiger partial charge in [-0.15, -0.1) is 0 Å². The van der Waals surface area contributed by atoms with E-state index in [1.807, 2.05) is 26.0 Å². The van der Waals surface area contributed by atoms with Crippen LogP contribution in [0, 0.1) is 11.7 Å². The second-order valence-electron chi connectivity index (χ2n) is 7.53. The number of H-pyrrole nitrogens is 1. The Labute approximate surface area is 172 Å². The maximum absolute atomic E-state index is 14.1. The van der Waals surface area contributed by atoms with Gasteiger partial charge in [-0.05, 0) is 46.7 Å². The second kappa shape index (κ2) is 7.26. The number of likely N-dealkylation sites (N-methyl/N-ethyl adjacent to an activating group) is 1. The molecule has 3 amide bonds. The van der Waals surface area contributed by atoms with Crippen molar-refractivity contribution in [2.45, 2.75) is 13.8 Å². The van der Waals surface area contributed by atoms with Crippen molar-refractivity contribution < 1.29 is 14.0 Å².